The number of nitrogens with zero attached hydrogens (tertiary/aromatic N) is 2. The molecular formula is C13H10N4O2. The van der Waals surface area contributed by atoms with Gasteiger partial charge >= 0.3 is 6.09 Å². The van der Waals surface area contributed by atoms with E-state index in [1.165, 1.54) is 12.4 Å². The summed E-state index contributed by atoms with van der Waals surface area (Å²) in [5.74, 6) is 6.00. The molecule has 0 fully saturated rings. The fraction of sp³-hybridized carbons (Fsp3) is 0. The van der Waals surface area contributed by atoms with Gasteiger partial charge in [-0.05, 0) is 24.3 Å². The van der Waals surface area contributed by atoms with Gasteiger partial charge < -0.3 is 10.8 Å². The minimum atomic E-state index is -1.10. The van der Waals surface area contributed by atoms with E-state index in [0.29, 0.717) is 11.3 Å². The molecule has 6 nitrogen and oxygen atoms in total. The van der Waals surface area contributed by atoms with Crippen LogP contribution < -0.4 is 11.1 Å². The number of hydrogen-bond acceptors (Lipinski definition) is 4. The average molecular weight is 254 g/mol. The maximum atomic E-state index is 10.4. The van der Waals surface area contributed by atoms with E-state index in [1.807, 2.05) is 0 Å². The second-order valence-electron chi connectivity index (χ2n) is 3.59. The quantitative estimate of drug-likeness (QED) is 0.670. The number of rotatable bonds is 1. The Morgan fingerprint density at radius 3 is 2.26 bits per heavy atom. The largest absolute Gasteiger partial charge is 0.465 e. The van der Waals surface area contributed by atoms with Crippen LogP contribution in [-0.4, -0.2) is 21.2 Å². The standard InChI is InChI=1S/C13H10N4O2/c14-12-15-7-10(8-16-12)2-1-9-3-5-11(6-4-9)17-13(18)19/h3-8,17H,(H,18,19)(H2,14,15,16). The second-order valence-corrected chi connectivity index (χ2v) is 3.59. The molecule has 94 valence electrons. The Morgan fingerprint density at radius 1 is 1.11 bits per heavy atom. The predicted octanol–water partition coefficient (Wildman–Crippen LogP) is 1.55. The number of aromatic nitrogens is 2. The van der Waals surface area contributed by atoms with Gasteiger partial charge in [-0.1, -0.05) is 11.8 Å². The number of carboxylic acid groups (broad SMARTS) is 1. The Kier molecular flexibility index (Phi) is 3.59. The van der Waals surface area contributed by atoms with Gasteiger partial charge in [-0.15, -0.1) is 0 Å². The lowest BCUT2D eigenvalue weighted by Gasteiger charge is -1.99. The van der Waals surface area contributed by atoms with Gasteiger partial charge in [-0.3, -0.25) is 5.32 Å². The average Bonchev–Trinajstić information content (AvgIpc) is 2.39. The second kappa shape index (κ2) is 5.51. The SMILES string of the molecule is Nc1ncc(C#Cc2ccc(NC(=O)O)cc2)cn1. The van der Waals surface area contributed by atoms with Crippen molar-refractivity contribution >= 4 is 17.7 Å². The van der Waals surface area contributed by atoms with E-state index in [-0.39, 0.29) is 5.95 Å². The van der Waals surface area contributed by atoms with E-state index >= 15 is 0 Å². The van der Waals surface area contributed by atoms with E-state index in [2.05, 4.69) is 27.1 Å². The van der Waals surface area contributed by atoms with Crippen LogP contribution in [0.1, 0.15) is 11.1 Å². The summed E-state index contributed by atoms with van der Waals surface area (Å²) in [4.78, 5) is 18.1. The third-order valence-corrected chi connectivity index (χ3v) is 2.16. The number of carbonyl (C=O) groups is 1. The molecule has 2 rings (SSSR count). The van der Waals surface area contributed by atoms with Gasteiger partial charge in [0, 0.05) is 23.6 Å². The summed E-state index contributed by atoms with van der Waals surface area (Å²) in [6.45, 7) is 0. The summed E-state index contributed by atoms with van der Waals surface area (Å²) in [5, 5.41) is 10.8. The summed E-state index contributed by atoms with van der Waals surface area (Å²) >= 11 is 0. The van der Waals surface area contributed by atoms with Crippen molar-refractivity contribution in [3.05, 3.63) is 47.8 Å². The van der Waals surface area contributed by atoms with E-state index in [0.717, 1.165) is 5.56 Å². The molecule has 2 aromatic rings. The number of nitrogens with two attached hydrogens (primary N) is 1. The van der Waals surface area contributed by atoms with Crippen LogP contribution in [0.25, 0.3) is 0 Å². The molecule has 0 aliphatic heterocycles. The third-order valence-electron chi connectivity index (χ3n) is 2.16. The zero-order valence-corrected chi connectivity index (χ0v) is 9.79. The Balaban J connectivity index is 2.11. The molecule has 1 heterocycles. The summed E-state index contributed by atoms with van der Waals surface area (Å²) in [6.07, 6.45) is 1.98. The number of hydrogen-bond donors (Lipinski definition) is 3. The minimum absolute atomic E-state index is 0.203. The van der Waals surface area contributed by atoms with Crippen molar-refractivity contribution in [1.29, 1.82) is 0 Å². The van der Waals surface area contributed by atoms with Crippen molar-refractivity contribution in [3.8, 4) is 11.8 Å². The van der Waals surface area contributed by atoms with Gasteiger partial charge in [-0.2, -0.15) is 0 Å². The van der Waals surface area contributed by atoms with Crippen LogP contribution in [-0.2, 0) is 0 Å². The molecule has 1 aromatic carbocycles. The fourth-order valence-electron chi connectivity index (χ4n) is 1.31. The summed E-state index contributed by atoms with van der Waals surface area (Å²) in [6, 6.07) is 6.71. The molecule has 1 amide bonds. The van der Waals surface area contributed by atoms with Crippen LogP contribution in [0.5, 0.6) is 0 Å². The van der Waals surface area contributed by atoms with Gasteiger partial charge in [0.1, 0.15) is 0 Å². The molecule has 0 aliphatic carbocycles. The molecule has 0 saturated heterocycles. The van der Waals surface area contributed by atoms with Gasteiger partial charge in [0.2, 0.25) is 5.95 Å². The van der Waals surface area contributed by atoms with Gasteiger partial charge in [0.15, 0.2) is 0 Å². The van der Waals surface area contributed by atoms with Crippen molar-refractivity contribution in [1.82, 2.24) is 9.97 Å². The number of benzene rings is 1. The number of anilines is 2. The Bertz CT molecular complexity index is 639. The Labute approximate surface area is 109 Å². The molecule has 6 heteroatoms. The molecule has 19 heavy (non-hydrogen) atoms. The lowest BCUT2D eigenvalue weighted by atomic mass is 10.2. The summed E-state index contributed by atoms with van der Waals surface area (Å²) in [5.41, 5.74) is 7.27. The van der Waals surface area contributed by atoms with Crippen molar-refractivity contribution in [2.45, 2.75) is 0 Å². The van der Waals surface area contributed by atoms with E-state index < -0.39 is 6.09 Å². The molecule has 0 aliphatic rings. The predicted molar refractivity (Wildman–Crippen MR) is 70.5 cm³/mol. The molecule has 0 bridgehead atoms. The zero-order valence-electron chi connectivity index (χ0n) is 9.79. The smallest absolute Gasteiger partial charge is 0.409 e. The fourth-order valence-corrected chi connectivity index (χ4v) is 1.31. The minimum Gasteiger partial charge on any atom is -0.465 e. The Morgan fingerprint density at radius 2 is 1.68 bits per heavy atom. The van der Waals surface area contributed by atoms with Crippen LogP contribution in [0.2, 0.25) is 0 Å². The highest BCUT2D eigenvalue weighted by molar-refractivity contribution is 5.82. The molecule has 1 aromatic heterocycles. The highest BCUT2D eigenvalue weighted by atomic mass is 16.4. The number of nitrogen functional groups attached to an aromatic ring is 1. The van der Waals surface area contributed by atoms with Crippen molar-refractivity contribution in [2.24, 2.45) is 0 Å². The Hall–Kier alpha value is -3.07. The molecule has 0 spiro atoms. The normalized spacial score (nSPS) is 9.26. The number of amides is 1. The monoisotopic (exact) mass is 254 g/mol. The first kappa shape index (κ1) is 12.4. The van der Waals surface area contributed by atoms with E-state index in [1.54, 1.807) is 24.3 Å². The highest BCUT2D eigenvalue weighted by Crippen LogP contribution is 2.08. The first-order valence-corrected chi connectivity index (χ1v) is 5.33. The van der Waals surface area contributed by atoms with Crippen molar-refractivity contribution in [3.63, 3.8) is 0 Å². The topological polar surface area (TPSA) is 101 Å². The van der Waals surface area contributed by atoms with Crippen LogP contribution in [0.15, 0.2) is 36.7 Å². The molecular weight excluding hydrogens is 244 g/mol. The van der Waals surface area contributed by atoms with Crippen LogP contribution >= 0.6 is 0 Å². The maximum Gasteiger partial charge on any atom is 0.409 e. The van der Waals surface area contributed by atoms with Crippen LogP contribution in [0, 0.1) is 11.8 Å². The van der Waals surface area contributed by atoms with E-state index in [9.17, 15) is 4.79 Å². The molecule has 0 atom stereocenters. The van der Waals surface area contributed by atoms with Crippen molar-refractivity contribution in [2.75, 3.05) is 11.1 Å². The first-order valence-electron chi connectivity index (χ1n) is 5.33. The van der Waals surface area contributed by atoms with E-state index in [4.69, 9.17) is 10.8 Å². The summed E-state index contributed by atoms with van der Waals surface area (Å²) in [7, 11) is 0. The molecule has 0 radical (unpaired) electrons. The molecule has 4 N–H and O–H groups in total. The van der Waals surface area contributed by atoms with Gasteiger partial charge in [0.25, 0.3) is 0 Å². The molecule has 0 saturated carbocycles. The molecule has 0 unspecified atom stereocenters. The third kappa shape index (κ3) is 3.71. The van der Waals surface area contributed by atoms with Crippen LogP contribution in [0.4, 0.5) is 16.4 Å². The first-order chi connectivity index (χ1) is 9.13. The zero-order chi connectivity index (χ0) is 13.7. The van der Waals surface area contributed by atoms with Crippen LogP contribution in [0.3, 0.4) is 0 Å². The summed E-state index contributed by atoms with van der Waals surface area (Å²) < 4.78 is 0. The maximum absolute atomic E-state index is 10.4. The lowest BCUT2D eigenvalue weighted by Crippen LogP contribution is -2.06. The van der Waals surface area contributed by atoms with Crippen molar-refractivity contribution < 1.29 is 9.90 Å². The highest BCUT2D eigenvalue weighted by Gasteiger charge is 1.96. The van der Waals surface area contributed by atoms with Gasteiger partial charge in [-0.25, -0.2) is 14.8 Å². The van der Waals surface area contributed by atoms with Gasteiger partial charge in [0.05, 0.1) is 5.56 Å². The lowest BCUT2D eigenvalue weighted by molar-refractivity contribution is 0.210. The number of nitrogens with one attached hydrogen (secondary N) is 1.